The maximum atomic E-state index is 4.63. The number of benzene rings is 1. The molecule has 0 N–H and O–H groups in total. The summed E-state index contributed by atoms with van der Waals surface area (Å²) in [6, 6.07) is 8.77. The van der Waals surface area contributed by atoms with Gasteiger partial charge in [0.25, 0.3) is 0 Å². The van der Waals surface area contributed by atoms with E-state index in [9.17, 15) is 0 Å². The molecule has 0 spiro atoms. The zero-order valence-corrected chi connectivity index (χ0v) is 19.1. The lowest BCUT2D eigenvalue weighted by Crippen LogP contribution is -2.50. The zero-order chi connectivity index (χ0) is 21.2. The van der Waals surface area contributed by atoms with Crippen LogP contribution < -0.4 is 0 Å². The lowest BCUT2D eigenvalue weighted by molar-refractivity contribution is -0.0110. The van der Waals surface area contributed by atoms with Crippen molar-refractivity contribution in [2.24, 2.45) is 28.6 Å². The molecule has 1 fully saturated rings. The number of nitrogens with zero attached hydrogens (tertiary/aromatic N) is 2. The minimum atomic E-state index is 0.267. The molecule has 1 aromatic heterocycles. The van der Waals surface area contributed by atoms with Crippen molar-refractivity contribution in [1.29, 1.82) is 0 Å². The summed E-state index contributed by atoms with van der Waals surface area (Å²) in [5.74, 6) is 2.33. The second kappa shape index (κ2) is 6.82. The van der Waals surface area contributed by atoms with Crippen LogP contribution in [0.25, 0.3) is 16.3 Å². The van der Waals surface area contributed by atoms with Gasteiger partial charge in [-0.3, -0.25) is 4.98 Å². The van der Waals surface area contributed by atoms with Crippen molar-refractivity contribution in [3.05, 3.63) is 72.3 Å². The summed E-state index contributed by atoms with van der Waals surface area (Å²) in [6.07, 6.45) is 20.4. The van der Waals surface area contributed by atoms with Crippen molar-refractivity contribution in [1.82, 2.24) is 9.88 Å². The standard InChI is InChI=1S/C29H34N2/c1-4-31-17-7-15-29(3)26-14-16-28(2)24(22(26)10-13-27(29)31)11-12-25(28)23-19-30-18-20-8-5-6-9-21(20)23/h5-9,12-13,17-19,22,24,26H,4,10-11,14-16H2,1-3H3. The molecule has 0 saturated heterocycles. The predicted octanol–water partition coefficient (Wildman–Crippen LogP) is 7.20. The molecule has 0 radical (unpaired) electrons. The van der Waals surface area contributed by atoms with Gasteiger partial charge < -0.3 is 4.90 Å². The minimum Gasteiger partial charge on any atom is -0.352 e. The van der Waals surface area contributed by atoms with Crippen LogP contribution >= 0.6 is 0 Å². The number of hydrogen-bond donors (Lipinski definition) is 0. The molecule has 2 aromatic rings. The Bertz CT molecular complexity index is 1120. The highest BCUT2D eigenvalue weighted by atomic mass is 15.1. The van der Waals surface area contributed by atoms with Crippen molar-refractivity contribution in [3.63, 3.8) is 0 Å². The first-order valence-electron chi connectivity index (χ1n) is 12.2. The van der Waals surface area contributed by atoms with Crippen LogP contribution in [0.5, 0.6) is 0 Å². The molecule has 1 aromatic carbocycles. The average molecular weight is 411 g/mol. The molecule has 5 atom stereocenters. The Morgan fingerprint density at radius 3 is 2.77 bits per heavy atom. The predicted molar refractivity (Wildman–Crippen MR) is 129 cm³/mol. The number of allylic oxidation sites excluding steroid dienone is 5. The van der Waals surface area contributed by atoms with Crippen LogP contribution in [-0.4, -0.2) is 16.4 Å². The van der Waals surface area contributed by atoms with E-state index in [0.717, 1.165) is 24.3 Å². The van der Waals surface area contributed by atoms with E-state index in [1.807, 2.05) is 6.20 Å². The van der Waals surface area contributed by atoms with Crippen molar-refractivity contribution in [3.8, 4) is 0 Å². The first kappa shape index (κ1) is 19.3. The van der Waals surface area contributed by atoms with E-state index in [1.54, 1.807) is 11.3 Å². The normalized spacial score (nSPS) is 36.5. The van der Waals surface area contributed by atoms with E-state index in [0.29, 0.717) is 5.41 Å². The average Bonchev–Trinajstić information content (AvgIpc) is 3.15. The van der Waals surface area contributed by atoms with Gasteiger partial charge >= 0.3 is 0 Å². The maximum absolute atomic E-state index is 4.63. The van der Waals surface area contributed by atoms with E-state index in [-0.39, 0.29) is 5.41 Å². The third-order valence-corrected chi connectivity index (χ3v) is 9.44. The molecule has 1 aliphatic heterocycles. The third kappa shape index (κ3) is 2.60. The monoisotopic (exact) mass is 410 g/mol. The molecule has 6 rings (SSSR count). The Kier molecular flexibility index (Phi) is 4.26. The number of aromatic nitrogens is 1. The van der Waals surface area contributed by atoms with E-state index >= 15 is 0 Å². The van der Waals surface area contributed by atoms with E-state index in [4.69, 9.17) is 0 Å². The quantitative estimate of drug-likeness (QED) is 0.520. The number of pyridine rings is 1. The van der Waals surface area contributed by atoms with Gasteiger partial charge in [0.05, 0.1) is 0 Å². The first-order valence-corrected chi connectivity index (χ1v) is 12.2. The van der Waals surface area contributed by atoms with E-state index in [2.05, 4.69) is 85.5 Å². The highest BCUT2D eigenvalue weighted by Crippen LogP contribution is 2.66. The summed E-state index contributed by atoms with van der Waals surface area (Å²) < 4.78 is 0. The highest BCUT2D eigenvalue weighted by Gasteiger charge is 2.56. The van der Waals surface area contributed by atoms with Gasteiger partial charge in [-0.1, -0.05) is 56.3 Å². The Balaban J connectivity index is 1.38. The maximum Gasteiger partial charge on any atom is 0.0349 e. The van der Waals surface area contributed by atoms with Gasteiger partial charge in [-0.15, -0.1) is 0 Å². The van der Waals surface area contributed by atoms with Crippen LogP contribution in [0.15, 0.2) is 66.8 Å². The largest absolute Gasteiger partial charge is 0.352 e. The van der Waals surface area contributed by atoms with Crippen LogP contribution in [0, 0.1) is 28.6 Å². The third-order valence-electron chi connectivity index (χ3n) is 9.44. The minimum absolute atomic E-state index is 0.267. The molecule has 3 aliphatic carbocycles. The molecule has 2 nitrogen and oxygen atoms in total. The van der Waals surface area contributed by atoms with Gasteiger partial charge in [0, 0.05) is 41.0 Å². The molecular formula is C29H34N2. The Labute approximate surface area is 186 Å². The molecule has 5 unspecified atom stereocenters. The number of rotatable bonds is 2. The summed E-state index contributed by atoms with van der Waals surface area (Å²) in [7, 11) is 0. The molecule has 0 bridgehead atoms. The van der Waals surface area contributed by atoms with E-state index < -0.39 is 0 Å². The Morgan fingerprint density at radius 2 is 1.90 bits per heavy atom. The smallest absolute Gasteiger partial charge is 0.0349 e. The fourth-order valence-corrected chi connectivity index (χ4v) is 7.88. The molecule has 2 heterocycles. The summed E-state index contributed by atoms with van der Waals surface area (Å²) >= 11 is 0. The SMILES string of the molecule is CCN1C=CCC2(C)C1=CCC1C3CC=C(c4cncc5ccccc45)C3(C)CCC12. The second-order valence-electron chi connectivity index (χ2n) is 10.7. The summed E-state index contributed by atoms with van der Waals surface area (Å²) in [5, 5.41) is 2.62. The summed E-state index contributed by atoms with van der Waals surface area (Å²) in [4.78, 5) is 7.13. The van der Waals surface area contributed by atoms with Gasteiger partial charge in [-0.05, 0) is 79.4 Å². The van der Waals surface area contributed by atoms with Gasteiger partial charge in [-0.2, -0.15) is 0 Å². The van der Waals surface area contributed by atoms with Crippen molar-refractivity contribution >= 4 is 16.3 Å². The highest BCUT2D eigenvalue weighted by molar-refractivity contribution is 5.94. The van der Waals surface area contributed by atoms with Gasteiger partial charge in [0.15, 0.2) is 0 Å². The van der Waals surface area contributed by atoms with Gasteiger partial charge in [-0.25, -0.2) is 0 Å². The number of fused-ring (bicyclic) bond motifs is 6. The lowest BCUT2D eigenvalue weighted by Gasteiger charge is -2.58. The topological polar surface area (TPSA) is 16.1 Å². The summed E-state index contributed by atoms with van der Waals surface area (Å²) in [5.41, 5.74) is 5.12. The lowest BCUT2D eigenvalue weighted by atomic mass is 9.49. The molecule has 1 saturated carbocycles. The van der Waals surface area contributed by atoms with Crippen LogP contribution in [0.3, 0.4) is 0 Å². The van der Waals surface area contributed by atoms with Crippen LogP contribution in [-0.2, 0) is 0 Å². The van der Waals surface area contributed by atoms with Gasteiger partial charge in [0.1, 0.15) is 0 Å². The van der Waals surface area contributed by atoms with Gasteiger partial charge in [0.2, 0.25) is 0 Å². The zero-order valence-electron chi connectivity index (χ0n) is 19.1. The molecule has 31 heavy (non-hydrogen) atoms. The molecular weight excluding hydrogens is 376 g/mol. The Morgan fingerprint density at radius 1 is 1.03 bits per heavy atom. The van der Waals surface area contributed by atoms with Crippen LogP contribution in [0.4, 0.5) is 0 Å². The first-order chi connectivity index (χ1) is 15.1. The van der Waals surface area contributed by atoms with Crippen LogP contribution in [0.1, 0.15) is 58.4 Å². The van der Waals surface area contributed by atoms with Crippen molar-refractivity contribution in [2.45, 2.75) is 52.9 Å². The molecule has 2 heteroatoms. The summed E-state index contributed by atoms with van der Waals surface area (Å²) in [6.45, 7) is 8.49. The Hall–Kier alpha value is -2.35. The molecule has 0 amide bonds. The van der Waals surface area contributed by atoms with E-state index in [1.165, 1.54) is 48.4 Å². The second-order valence-corrected chi connectivity index (χ2v) is 10.7. The van der Waals surface area contributed by atoms with Crippen LogP contribution in [0.2, 0.25) is 0 Å². The van der Waals surface area contributed by atoms with Crippen molar-refractivity contribution < 1.29 is 0 Å². The molecule has 160 valence electrons. The fraction of sp³-hybridized carbons (Fsp3) is 0.483. The molecule has 4 aliphatic rings. The van der Waals surface area contributed by atoms with Crippen molar-refractivity contribution in [2.75, 3.05) is 6.54 Å². The fourth-order valence-electron chi connectivity index (χ4n) is 7.88. The number of hydrogen-bond acceptors (Lipinski definition) is 2.